The maximum Gasteiger partial charge on any atom is 0.138 e. The van der Waals surface area contributed by atoms with E-state index in [2.05, 4.69) is 10.2 Å². The van der Waals surface area contributed by atoms with E-state index < -0.39 is 0 Å². The lowest BCUT2D eigenvalue weighted by Crippen LogP contribution is -2.39. The third-order valence-corrected chi connectivity index (χ3v) is 4.94. The Morgan fingerprint density at radius 3 is 2.71 bits per heavy atom. The highest BCUT2D eigenvalue weighted by Crippen LogP contribution is 2.35. The van der Waals surface area contributed by atoms with Crippen LogP contribution < -0.4 is 5.32 Å². The summed E-state index contributed by atoms with van der Waals surface area (Å²) < 4.78 is 0. The third-order valence-electron chi connectivity index (χ3n) is 4.44. The molecule has 1 saturated carbocycles. The zero-order chi connectivity index (χ0) is 14.8. The molecule has 1 heterocycles. The molecule has 0 radical (unpaired) electrons. The summed E-state index contributed by atoms with van der Waals surface area (Å²) in [5, 5.41) is 14.6. The highest BCUT2D eigenvalue weighted by Gasteiger charge is 2.31. The number of phenolic OH excluding ortho intramolecular Hbond substituents is 1. The van der Waals surface area contributed by atoms with Gasteiger partial charge in [0.15, 0.2) is 0 Å². The second-order valence-electron chi connectivity index (χ2n) is 6.27. The van der Waals surface area contributed by atoms with Crippen LogP contribution in [0.15, 0.2) is 12.1 Å². The smallest absolute Gasteiger partial charge is 0.138 e. The van der Waals surface area contributed by atoms with Gasteiger partial charge >= 0.3 is 0 Å². The van der Waals surface area contributed by atoms with Crippen molar-refractivity contribution in [2.45, 2.75) is 38.3 Å². The van der Waals surface area contributed by atoms with Crippen molar-refractivity contribution in [1.29, 1.82) is 0 Å². The first kappa shape index (κ1) is 15.4. The van der Waals surface area contributed by atoms with Gasteiger partial charge in [0.05, 0.1) is 5.02 Å². The molecular weight excluding hydrogens is 307 g/mol. The molecule has 1 aromatic rings. The third kappa shape index (κ3) is 4.04. The number of piperidine rings is 1. The Kier molecular flexibility index (Phi) is 4.95. The summed E-state index contributed by atoms with van der Waals surface area (Å²) in [5.41, 5.74) is 0.836. The zero-order valence-corrected chi connectivity index (χ0v) is 13.6. The molecule has 1 unspecified atom stereocenters. The molecule has 5 heteroatoms. The fourth-order valence-corrected chi connectivity index (χ4v) is 3.69. The summed E-state index contributed by atoms with van der Waals surface area (Å²) in [5.74, 6) is 0.879. The number of aromatic hydroxyl groups is 1. The van der Waals surface area contributed by atoms with Crippen molar-refractivity contribution >= 4 is 23.2 Å². The topological polar surface area (TPSA) is 35.5 Å². The highest BCUT2D eigenvalue weighted by molar-refractivity contribution is 6.35. The molecule has 1 saturated heterocycles. The van der Waals surface area contributed by atoms with E-state index in [0.717, 1.165) is 31.7 Å². The van der Waals surface area contributed by atoms with Crippen LogP contribution in [-0.2, 0) is 6.54 Å². The van der Waals surface area contributed by atoms with Gasteiger partial charge in [0.2, 0.25) is 0 Å². The van der Waals surface area contributed by atoms with Crippen LogP contribution in [-0.4, -0.2) is 35.7 Å². The van der Waals surface area contributed by atoms with E-state index in [1.807, 2.05) is 6.07 Å². The Morgan fingerprint density at radius 2 is 2.05 bits per heavy atom. The second-order valence-corrected chi connectivity index (χ2v) is 7.11. The Hall–Kier alpha value is -0.480. The Bertz CT molecular complexity index is 499. The summed E-state index contributed by atoms with van der Waals surface area (Å²) in [6, 6.07) is 4.08. The van der Waals surface area contributed by atoms with Gasteiger partial charge < -0.3 is 10.4 Å². The summed E-state index contributed by atoms with van der Waals surface area (Å²) in [7, 11) is 0. The van der Waals surface area contributed by atoms with Gasteiger partial charge in [-0.1, -0.05) is 23.2 Å². The van der Waals surface area contributed by atoms with E-state index in [1.165, 1.54) is 25.7 Å². The number of hydrogen-bond acceptors (Lipinski definition) is 3. The van der Waals surface area contributed by atoms with Gasteiger partial charge in [-0.15, -0.1) is 0 Å². The number of rotatable bonds is 5. The van der Waals surface area contributed by atoms with Gasteiger partial charge in [-0.25, -0.2) is 0 Å². The molecular formula is C16H22Cl2N2O. The molecule has 1 aromatic carbocycles. The largest absolute Gasteiger partial charge is 0.506 e. The average Bonchev–Trinajstić information content (AvgIpc) is 3.29. The van der Waals surface area contributed by atoms with Crippen LogP contribution in [0, 0.1) is 5.92 Å². The molecule has 2 aliphatic rings. The van der Waals surface area contributed by atoms with E-state index in [1.54, 1.807) is 6.07 Å². The van der Waals surface area contributed by atoms with Crippen molar-refractivity contribution in [3.63, 3.8) is 0 Å². The van der Waals surface area contributed by atoms with E-state index >= 15 is 0 Å². The predicted molar refractivity (Wildman–Crippen MR) is 87.2 cm³/mol. The number of phenols is 1. The molecule has 3 rings (SSSR count). The van der Waals surface area contributed by atoms with Crippen LogP contribution in [0.1, 0.15) is 31.2 Å². The molecule has 1 aliphatic heterocycles. The number of nitrogens with one attached hydrogen (secondary N) is 1. The van der Waals surface area contributed by atoms with Gasteiger partial charge in [0, 0.05) is 29.7 Å². The van der Waals surface area contributed by atoms with Crippen LogP contribution in [0.4, 0.5) is 0 Å². The Morgan fingerprint density at radius 1 is 1.24 bits per heavy atom. The monoisotopic (exact) mass is 328 g/mol. The van der Waals surface area contributed by atoms with E-state index in [0.29, 0.717) is 22.0 Å². The zero-order valence-electron chi connectivity index (χ0n) is 12.1. The maximum absolute atomic E-state index is 10.1. The lowest BCUT2D eigenvalue weighted by molar-refractivity contribution is 0.191. The van der Waals surface area contributed by atoms with Gasteiger partial charge in [-0.3, -0.25) is 4.90 Å². The quantitative estimate of drug-likeness (QED) is 0.865. The predicted octanol–water partition coefficient (Wildman–Crippen LogP) is 3.66. The van der Waals surface area contributed by atoms with Gasteiger partial charge in [0.25, 0.3) is 0 Å². The van der Waals surface area contributed by atoms with Gasteiger partial charge in [-0.2, -0.15) is 0 Å². The molecule has 0 bridgehead atoms. The van der Waals surface area contributed by atoms with Crippen LogP contribution in [0.2, 0.25) is 10.0 Å². The standard InChI is InChI=1S/C16H22Cl2N2O/c17-13-6-12(16(21)15(18)7-13)10-20(14-3-4-14)9-11-2-1-5-19-8-11/h6-7,11,14,19,21H,1-5,8-10H2. The minimum absolute atomic E-state index is 0.175. The lowest BCUT2D eigenvalue weighted by atomic mass is 9.98. The SMILES string of the molecule is Oc1c(Cl)cc(Cl)cc1CN(CC1CCCNC1)C1CC1. The molecule has 1 aliphatic carbocycles. The molecule has 116 valence electrons. The number of halogens is 2. The highest BCUT2D eigenvalue weighted by atomic mass is 35.5. The second kappa shape index (κ2) is 6.74. The molecule has 21 heavy (non-hydrogen) atoms. The van der Waals surface area contributed by atoms with Crippen molar-refractivity contribution in [3.8, 4) is 5.75 Å². The fraction of sp³-hybridized carbons (Fsp3) is 0.625. The molecule has 3 nitrogen and oxygen atoms in total. The summed E-state index contributed by atoms with van der Waals surface area (Å²) >= 11 is 12.1. The van der Waals surface area contributed by atoms with Crippen LogP contribution in [0.5, 0.6) is 5.75 Å². The van der Waals surface area contributed by atoms with E-state index in [-0.39, 0.29) is 5.75 Å². The Balaban J connectivity index is 1.70. The van der Waals surface area contributed by atoms with Gasteiger partial charge in [-0.05, 0) is 56.8 Å². The van der Waals surface area contributed by atoms with Crippen LogP contribution in [0.25, 0.3) is 0 Å². The Labute approximate surface area is 136 Å². The van der Waals surface area contributed by atoms with Gasteiger partial charge in [0.1, 0.15) is 5.75 Å². The average molecular weight is 329 g/mol. The van der Waals surface area contributed by atoms with Crippen molar-refractivity contribution in [2.75, 3.05) is 19.6 Å². The minimum Gasteiger partial charge on any atom is -0.506 e. The normalized spacial score (nSPS) is 22.7. The molecule has 2 fully saturated rings. The van der Waals surface area contributed by atoms with Crippen LogP contribution in [0.3, 0.4) is 0 Å². The maximum atomic E-state index is 10.1. The van der Waals surface area contributed by atoms with Crippen molar-refractivity contribution < 1.29 is 5.11 Å². The molecule has 0 spiro atoms. The summed E-state index contributed by atoms with van der Waals surface area (Å²) in [4.78, 5) is 2.49. The summed E-state index contributed by atoms with van der Waals surface area (Å²) in [6.45, 7) is 4.06. The molecule has 2 N–H and O–H groups in total. The number of hydrogen-bond donors (Lipinski definition) is 2. The van der Waals surface area contributed by atoms with Crippen LogP contribution >= 0.6 is 23.2 Å². The van der Waals surface area contributed by atoms with E-state index in [9.17, 15) is 5.11 Å². The fourth-order valence-electron chi connectivity index (χ4n) is 3.15. The van der Waals surface area contributed by atoms with Crippen molar-refractivity contribution in [3.05, 3.63) is 27.7 Å². The first-order valence-corrected chi connectivity index (χ1v) is 8.50. The number of benzene rings is 1. The summed E-state index contributed by atoms with van der Waals surface area (Å²) in [6.07, 6.45) is 5.07. The first-order valence-electron chi connectivity index (χ1n) is 7.75. The van der Waals surface area contributed by atoms with E-state index in [4.69, 9.17) is 23.2 Å². The first-order chi connectivity index (χ1) is 10.1. The van der Waals surface area contributed by atoms with Crippen molar-refractivity contribution in [1.82, 2.24) is 10.2 Å². The van der Waals surface area contributed by atoms with Crippen molar-refractivity contribution in [2.24, 2.45) is 5.92 Å². The molecule has 0 aromatic heterocycles. The minimum atomic E-state index is 0.175. The number of nitrogens with zero attached hydrogens (tertiary/aromatic N) is 1. The lowest BCUT2D eigenvalue weighted by Gasteiger charge is -2.30. The molecule has 1 atom stereocenters. The molecule has 0 amide bonds.